The highest BCUT2D eigenvalue weighted by Gasteiger charge is 2.30. The molecule has 1 aromatic rings. The molecule has 0 aliphatic heterocycles. The number of nitriles is 1. The Balaban J connectivity index is 3.69. The van der Waals surface area contributed by atoms with Crippen LogP contribution in [0, 0.1) is 28.4 Å². The first-order valence-corrected chi connectivity index (χ1v) is 5.65. The molecule has 0 aromatic carbocycles. The maximum Gasteiger partial charge on any atom is 0.310 e. The zero-order valence-corrected chi connectivity index (χ0v) is 8.75. The molecular formula is C7H7N3O4S. The van der Waals surface area contributed by atoms with Crippen LogP contribution in [0.25, 0.3) is 0 Å². The number of H-pyrrole nitrogens is 1. The molecule has 8 heteroatoms. The van der Waals surface area contributed by atoms with Crippen LogP contribution in [0.5, 0.6) is 0 Å². The highest BCUT2D eigenvalue weighted by molar-refractivity contribution is 7.90. The van der Waals surface area contributed by atoms with Gasteiger partial charge in [-0.1, -0.05) is 0 Å². The van der Waals surface area contributed by atoms with Gasteiger partial charge in [-0.2, -0.15) is 5.26 Å². The van der Waals surface area contributed by atoms with Crippen molar-refractivity contribution >= 4 is 15.5 Å². The lowest BCUT2D eigenvalue weighted by molar-refractivity contribution is -0.388. The van der Waals surface area contributed by atoms with Crippen molar-refractivity contribution in [1.29, 1.82) is 5.26 Å². The second-order valence-electron chi connectivity index (χ2n) is 2.94. The Hall–Kier alpha value is -1.88. The van der Waals surface area contributed by atoms with Crippen LogP contribution in [0.4, 0.5) is 5.69 Å². The summed E-state index contributed by atoms with van der Waals surface area (Å²) in [5, 5.41) is 18.7. The number of rotatable bonds is 2. The van der Waals surface area contributed by atoms with Crippen molar-refractivity contribution < 1.29 is 13.3 Å². The molecule has 0 radical (unpaired) electrons. The lowest BCUT2D eigenvalue weighted by Crippen LogP contribution is -2.02. The fraction of sp³-hybridized carbons (Fsp3) is 0.286. The van der Waals surface area contributed by atoms with Gasteiger partial charge in [0.2, 0.25) is 5.03 Å². The van der Waals surface area contributed by atoms with E-state index in [1.807, 2.05) is 0 Å². The molecule has 0 spiro atoms. The van der Waals surface area contributed by atoms with Crippen LogP contribution in [0.2, 0.25) is 0 Å². The summed E-state index contributed by atoms with van der Waals surface area (Å²) in [6.07, 6.45) is 0.840. The van der Waals surface area contributed by atoms with E-state index in [-0.39, 0.29) is 11.3 Å². The van der Waals surface area contributed by atoms with Gasteiger partial charge in [0.1, 0.15) is 11.8 Å². The van der Waals surface area contributed by atoms with E-state index >= 15 is 0 Å². The van der Waals surface area contributed by atoms with Gasteiger partial charge in [-0.25, -0.2) is 8.42 Å². The molecular weight excluding hydrogens is 222 g/mol. The highest BCUT2D eigenvalue weighted by Crippen LogP contribution is 2.29. The van der Waals surface area contributed by atoms with Crippen LogP contribution >= 0.6 is 0 Å². The van der Waals surface area contributed by atoms with Gasteiger partial charge in [-0.05, 0) is 6.92 Å². The normalized spacial score (nSPS) is 11.0. The molecule has 15 heavy (non-hydrogen) atoms. The minimum absolute atomic E-state index is 0.0305. The van der Waals surface area contributed by atoms with E-state index < -0.39 is 25.5 Å². The van der Waals surface area contributed by atoms with Crippen LogP contribution in [0.15, 0.2) is 5.03 Å². The summed E-state index contributed by atoms with van der Waals surface area (Å²) in [6, 6.07) is 1.66. The van der Waals surface area contributed by atoms with E-state index in [4.69, 9.17) is 5.26 Å². The third-order valence-corrected chi connectivity index (χ3v) is 2.89. The van der Waals surface area contributed by atoms with Gasteiger partial charge >= 0.3 is 5.69 Å². The number of nitro groups is 1. The fourth-order valence-corrected chi connectivity index (χ4v) is 2.02. The van der Waals surface area contributed by atoms with Gasteiger partial charge in [0.15, 0.2) is 9.84 Å². The molecule has 7 nitrogen and oxygen atoms in total. The Labute approximate surface area is 85.4 Å². The molecule has 0 saturated carbocycles. The SMILES string of the molecule is Cc1c(C#N)[nH]c(S(C)(=O)=O)c1[N+](=O)[O-]. The number of hydrogen-bond donors (Lipinski definition) is 1. The summed E-state index contributed by atoms with van der Waals surface area (Å²) in [6.45, 7) is 1.32. The van der Waals surface area contributed by atoms with Crippen molar-refractivity contribution in [3.05, 3.63) is 21.4 Å². The lowest BCUT2D eigenvalue weighted by Gasteiger charge is -1.93. The number of sulfone groups is 1. The summed E-state index contributed by atoms with van der Waals surface area (Å²) >= 11 is 0. The maximum atomic E-state index is 11.2. The number of aromatic nitrogens is 1. The van der Waals surface area contributed by atoms with Gasteiger partial charge in [-0.15, -0.1) is 0 Å². The average Bonchev–Trinajstić information content (AvgIpc) is 2.41. The summed E-state index contributed by atoms with van der Waals surface area (Å²) < 4.78 is 22.4. The van der Waals surface area contributed by atoms with E-state index in [0.717, 1.165) is 6.26 Å². The first-order valence-electron chi connectivity index (χ1n) is 3.76. The average molecular weight is 229 g/mol. The smallest absolute Gasteiger partial charge is 0.310 e. The topological polar surface area (TPSA) is 117 Å². The predicted molar refractivity (Wildman–Crippen MR) is 50.0 cm³/mol. The quantitative estimate of drug-likeness (QED) is 0.585. The number of aromatic amines is 1. The molecule has 0 bridgehead atoms. The zero-order chi connectivity index (χ0) is 11.8. The van der Waals surface area contributed by atoms with E-state index in [1.165, 1.54) is 6.92 Å². The maximum absolute atomic E-state index is 11.2. The van der Waals surface area contributed by atoms with Crippen LogP contribution in [0.1, 0.15) is 11.3 Å². The largest absolute Gasteiger partial charge is 0.331 e. The minimum atomic E-state index is -3.74. The molecule has 0 saturated heterocycles. The summed E-state index contributed by atoms with van der Waals surface area (Å²) in [5.41, 5.74) is -0.640. The Bertz CT molecular complexity index is 564. The standard InChI is InChI=1S/C7H7N3O4S/c1-4-5(3-8)9-7(15(2,13)14)6(4)10(11)12/h9H,1-2H3. The molecule has 1 heterocycles. The zero-order valence-electron chi connectivity index (χ0n) is 7.94. The van der Waals surface area contributed by atoms with Crippen LogP contribution in [-0.2, 0) is 9.84 Å². The third kappa shape index (κ3) is 1.82. The van der Waals surface area contributed by atoms with Crippen molar-refractivity contribution in [3.63, 3.8) is 0 Å². The molecule has 0 aliphatic rings. The van der Waals surface area contributed by atoms with Gasteiger partial charge in [-0.3, -0.25) is 10.1 Å². The van der Waals surface area contributed by atoms with Gasteiger partial charge in [0, 0.05) is 6.26 Å². The van der Waals surface area contributed by atoms with Crippen LogP contribution in [0.3, 0.4) is 0 Å². The van der Waals surface area contributed by atoms with E-state index in [1.54, 1.807) is 6.07 Å². The predicted octanol–water partition coefficient (Wildman–Crippen LogP) is 0.506. The monoisotopic (exact) mass is 229 g/mol. The highest BCUT2D eigenvalue weighted by atomic mass is 32.2. The second kappa shape index (κ2) is 3.36. The molecule has 0 unspecified atom stereocenters. The van der Waals surface area contributed by atoms with Gasteiger partial charge < -0.3 is 4.98 Å². The molecule has 1 aromatic heterocycles. The molecule has 0 atom stereocenters. The van der Waals surface area contributed by atoms with E-state index in [9.17, 15) is 18.5 Å². The number of hydrogen-bond acceptors (Lipinski definition) is 5. The number of nitrogens with one attached hydrogen (secondary N) is 1. The Morgan fingerprint density at radius 3 is 2.33 bits per heavy atom. The molecule has 0 fully saturated rings. The minimum Gasteiger partial charge on any atom is -0.331 e. The van der Waals surface area contributed by atoms with Crippen molar-refractivity contribution in [2.45, 2.75) is 11.9 Å². The Morgan fingerprint density at radius 2 is 2.07 bits per heavy atom. The summed E-state index contributed by atoms with van der Waals surface area (Å²) in [4.78, 5) is 12.0. The van der Waals surface area contributed by atoms with Crippen LogP contribution in [-0.4, -0.2) is 24.6 Å². The van der Waals surface area contributed by atoms with Crippen LogP contribution < -0.4 is 0 Å². The molecule has 1 N–H and O–H groups in total. The second-order valence-corrected chi connectivity index (χ2v) is 4.90. The fourth-order valence-electron chi connectivity index (χ4n) is 1.16. The molecule has 1 rings (SSSR count). The van der Waals surface area contributed by atoms with Crippen molar-refractivity contribution in [2.24, 2.45) is 0 Å². The number of nitrogens with zero attached hydrogens (tertiary/aromatic N) is 2. The Morgan fingerprint density at radius 1 is 1.53 bits per heavy atom. The van der Waals surface area contributed by atoms with Crippen molar-refractivity contribution in [2.75, 3.05) is 6.26 Å². The van der Waals surface area contributed by atoms with E-state index in [2.05, 4.69) is 4.98 Å². The first-order chi connectivity index (χ1) is 6.79. The van der Waals surface area contributed by atoms with Crippen molar-refractivity contribution in [3.8, 4) is 6.07 Å². The van der Waals surface area contributed by atoms with E-state index in [0.29, 0.717) is 0 Å². The summed E-state index contributed by atoms with van der Waals surface area (Å²) in [5.74, 6) is 0. The van der Waals surface area contributed by atoms with Gasteiger partial charge in [0.05, 0.1) is 10.5 Å². The molecule has 80 valence electrons. The van der Waals surface area contributed by atoms with Gasteiger partial charge in [0.25, 0.3) is 0 Å². The molecule has 0 aliphatic carbocycles. The lowest BCUT2D eigenvalue weighted by atomic mass is 10.2. The first kappa shape index (κ1) is 11.2. The van der Waals surface area contributed by atoms with Crippen molar-refractivity contribution in [1.82, 2.24) is 4.98 Å². The summed E-state index contributed by atoms with van der Waals surface area (Å²) in [7, 11) is -3.74. The molecule has 0 amide bonds. The Kier molecular flexibility index (Phi) is 2.51. The third-order valence-electron chi connectivity index (χ3n) is 1.85.